The molecule has 1 amide bonds. The second-order valence-electron chi connectivity index (χ2n) is 8.78. The number of likely N-dealkylation sites (N-methyl/N-ethyl adjacent to an activating group) is 1. The molecule has 0 radical (unpaired) electrons. The molecule has 0 unspecified atom stereocenters. The third-order valence-electron chi connectivity index (χ3n) is 5.17. The predicted molar refractivity (Wildman–Crippen MR) is 133 cm³/mol. The van der Waals surface area contributed by atoms with Crippen molar-refractivity contribution in [3.8, 4) is 5.69 Å². The first-order valence-corrected chi connectivity index (χ1v) is 12.6. The van der Waals surface area contributed by atoms with Crippen LogP contribution in [0.5, 0.6) is 0 Å². The largest absolute Gasteiger partial charge is 0.309 e. The number of carbonyl (C=O) groups excluding carboxylic acids is 1. The van der Waals surface area contributed by atoms with Crippen molar-refractivity contribution >= 4 is 39.0 Å². The Kier molecular flexibility index (Phi) is 7.63. The molecule has 1 N–H and O–H groups in total. The number of aromatic nitrogens is 2. The molecule has 35 heavy (non-hydrogen) atoms. The first-order valence-electron chi connectivity index (χ1n) is 10.7. The average molecular weight is 520 g/mol. The molecule has 12 heteroatoms. The average Bonchev–Trinajstić information content (AvgIpc) is 3.22. The van der Waals surface area contributed by atoms with Crippen molar-refractivity contribution in [2.45, 2.75) is 38.0 Å². The molecule has 2 aromatic carbocycles. The molecule has 0 aliphatic heterocycles. The topological polar surface area (TPSA) is 127 Å². The molecule has 3 rings (SSSR count). The first kappa shape index (κ1) is 26.3. The van der Waals surface area contributed by atoms with Gasteiger partial charge in [-0.05, 0) is 36.4 Å². The zero-order valence-electron chi connectivity index (χ0n) is 19.7. The minimum absolute atomic E-state index is 0.0242. The minimum atomic E-state index is -4.05. The molecule has 0 bridgehead atoms. The standard InChI is InChI=1S/C23H26ClN5O5S/c1-5-27(35(33,34)19-12-10-18(11-13-19)29(31)32)15-22(30)25-21-14-20(23(2,3)4)26-28(21)17-8-6-16(24)7-9-17/h6-14H,5,15H2,1-4H3,(H,25,30). The van der Waals surface area contributed by atoms with Crippen molar-refractivity contribution in [2.24, 2.45) is 0 Å². The van der Waals surface area contributed by atoms with Gasteiger partial charge < -0.3 is 5.32 Å². The summed E-state index contributed by atoms with van der Waals surface area (Å²) in [5.74, 6) is -0.182. The minimum Gasteiger partial charge on any atom is -0.309 e. The number of nitrogens with zero attached hydrogens (tertiary/aromatic N) is 4. The molecular weight excluding hydrogens is 494 g/mol. The summed E-state index contributed by atoms with van der Waals surface area (Å²) in [6, 6.07) is 13.2. The number of nitro groups is 1. The van der Waals surface area contributed by atoms with Crippen LogP contribution < -0.4 is 5.32 Å². The van der Waals surface area contributed by atoms with Gasteiger partial charge in [0.05, 0.1) is 27.7 Å². The lowest BCUT2D eigenvalue weighted by molar-refractivity contribution is -0.384. The zero-order chi connectivity index (χ0) is 26.0. The highest BCUT2D eigenvalue weighted by molar-refractivity contribution is 7.89. The quantitative estimate of drug-likeness (QED) is 0.347. The van der Waals surface area contributed by atoms with Gasteiger partial charge >= 0.3 is 0 Å². The lowest BCUT2D eigenvalue weighted by atomic mass is 9.92. The van der Waals surface area contributed by atoms with Crippen molar-refractivity contribution in [1.82, 2.24) is 14.1 Å². The molecule has 0 saturated heterocycles. The van der Waals surface area contributed by atoms with Gasteiger partial charge in [0.2, 0.25) is 15.9 Å². The van der Waals surface area contributed by atoms with Gasteiger partial charge in [-0.15, -0.1) is 0 Å². The Labute approximate surface area is 208 Å². The van der Waals surface area contributed by atoms with E-state index in [9.17, 15) is 23.3 Å². The Morgan fingerprint density at radius 3 is 2.26 bits per heavy atom. The second-order valence-corrected chi connectivity index (χ2v) is 11.2. The maximum absolute atomic E-state index is 13.0. The molecule has 0 atom stereocenters. The summed E-state index contributed by atoms with van der Waals surface area (Å²) in [5.41, 5.74) is 0.876. The van der Waals surface area contributed by atoms with Gasteiger partial charge in [0, 0.05) is 35.2 Å². The lowest BCUT2D eigenvalue weighted by Gasteiger charge is -2.20. The monoisotopic (exact) mass is 519 g/mol. The van der Waals surface area contributed by atoms with Crippen LogP contribution in [0, 0.1) is 10.1 Å². The fraction of sp³-hybridized carbons (Fsp3) is 0.304. The summed E-state index contributed by atoms with van der Waals surface area (Å²) < 4.78 is 28.6. The fourth-order valence-corrected chi connectivity index (χ4v) is 4.75. The maximum Gasteiger partial charge on any atom is 0.269 e. The summed E-state index contributed by atoms with van der Waals surface area (Å²) >= 11 is 6.00. The third kappa shape index (κ3) is 6.05. The number of nitrogens with one attached hydrogen (secondary N) is 1. The van der Waals surface area contributed by atoms with Crippen LogP contribution >= 0.6 is 11.6 Å². The number of amides is 1. The van der Waals surface area contributed by atoms with E-state index in [-0.39, 0.29) is 22.5 Å². The highest BCUT2D eigenvalue weighted by Gasteiger charge is 2.27. The summed E-state index contributed by atoms with van der Waals surface area (Å²) in [5, 5.41) is 18.8. The molecule has 0 spiro atoms. The molecule has 0 fully saturated rings. The van der Waals surface area contributed by atoms with E-state index in [1.54, 1.807) is 41.9 Å². The predicted octanol–water partition coefficient (Wildman–Crippen LogP) is 4.38. The highest BCUT2D eigenvalue weighted by Crippen LogP contribution is 2.27. The van der Waals surface area contributed by atoms with Crippen LogP contribution in [0.15, 0.2) is 59.5 Å². The Hall–Kier alpha value is -3.28. The first-order chi connectivity index (χ1) is 16.3. The summed E-state index contributed by atoms with van der Waals surface area (Å²) in [6.07, 6.45) is 0. The van der Waals surface area contributed by atoms with Gasteiger partial charge in [-0.2, -0.15) is 9.40 Å². The molecule has 3 aromatic rings. The van der Waals surface area contributed by atoms with Gasteiger partial charge in [0.1, 0.15) is 5.82 Å². The molecule has 186 valence electrons. The lowest BCUT2D eigenvalue weighted by Crippen LogP contribution is -2.38. The Morgan fingerprint density at radius 2 is 1.74 bits per heavy atom. The maximum atomic E-state index is 13.0. The third-order valence-corrected chi connectivity index (χ3v) is 7.36. The molecule has 0 aliphatic rings. The fourth-order valence-electron chi connectivity index (χ4n) is 3.21. The van der Waals surface area contributed by atoms with Gasteiger partial charge in [-0.1, -0.05) is 39.3 Å². The number of rotatable bonds is 8. The molecule has 10 nitrogen and oxygen atoms in total. The van der Waals surface area contributed by atoms with Crippen LogP contribution in [0.3, 0.4) is 0 Å². The number of hydrogen-bond acceptors (Lipinski definition) is 6. The van der Waals surface area contributed by atoms with Gasteiger partial charge in [-0.3, -0.25) is 14.9 Å². The number of halogens is 1. The van der Waals surface area contributed by atoms with Crippen molar-refractivity contribution in [3.05, 3.63) is 75.4 Å². The second kappa shape index (κ2) is 10.1. The van der Waals surface area contributed by atoms with Crippen LogP contribution in [0.1, 0.15) is 33.4 Å². The van der Waals surface area contributed by atoms with Crippen LogP contribution in [0.4, 0.5) is 11.5 Å². The van der Waals surface area contributed by atoms with E-state index < -0.39 is 27.4 Å². The Balaban J connectivity index is 1.86. The molecular formula is C23H26ClN5O5S. The van der Waals surface area contributed by atoms with Gasteiger partial charge in [-0.25, -0.2) is 13.1 Å². The van der Waals surface area contributed by atoms with E-state index in [4.69, 9.17) is 11.6 Å². The molecule has 0 aliphatic carbocycles. The number of non-ortho nitro benzene ring substituents is 1. The summed E-state index contributed by atoms with van der Waals surface area (Å²) in [7, 11) is -4.05. The van der Waals surface area contributed by atoms with E-state index in [1.807, 2.05) is 20.8 Å². The van der Waals surface area contributed by atoms with Crippen molar-refractivity contribution in [2.75, 3.05) is 18.4 Å². The number of benzene rings is 2. The van der Waals surface area contributed by atoms with Crippen LogP contribution in [0.2, 0.25) is 5.02 Å². The Morgan fingerprint density at radius 1 is 1.14 bits per heavy atom. The van der Waals surface area contributed by atoms with Gasteiger partial charge in [0.25, 0.3) is 5.69 Å². The Bertz CT molecular complexity index is 1330. The number of carbonyl (C=O) groups is 1. The van der Waals surface area contributed by atoms with Crippen LogP contribution in [-0.4, -0.2) is 46.4 Å². The van der Waals surface area contributed by atoms with Crippen molar-refractivity contribution in [3.63, 3.8) is 0 Å². The summed E-state index contributed by atoms with van der Waals surface area (Å²) in [6.45, 7) is 7.14. The van der Waals surface area contributed by atoms with E-state index in [0.29, 0.717) is 16.5 Å². The number of anilines is 1. The molecule has 1 aromatic heterocycles. The SMILES string of the molecule is CCN(CC(=O)Nc1cc(C(C)(C)C)nn1-c1ccc(Cl)cc1)S(=O)(=O)c1ccc([N+](=O)[O-])cc1. The number of nitro benzene ring substituents is 1. The van der Waals surface area contributed by atoms with Crippen LogP contribution in [0.25, 0.3) is 5.69 Å². The van der Waals surface area contributed by atoms with Crippen molar-refractivity contribution in [1.29, 1.82) is 0 Å². The smallest absolute Gasteiger partial charge is 0.269 e. The number of sulfonamides is 1. The van der Waals surface area contributed by atoms with E-state index in [0.717, 1.165) is 34.3 Å². The highest BCUT2D eigenvalue weighted by atomic mass is 35.5. The zero-order valence-corrected chi connectivity index (χ0v) is 21.3. The van der Waals surface area contributed by atoms with E-state index in [2.05, 4.69) is 10.4 Å². The normalized spacial score (nSPS) is 12.1. The summed E-state index contributed by atoms with van der Waals surface area (Å²) in [4.78, 5) is 23.0. The van der Waals surface area contributed by atoms with Crippen molar-refractivity contribution < 1.29 is 18.1 Å². The van der Waals surface area contributed by atoms with Crippen LogP contribution in [-0.2, 0) is 20.2 Å². The molecule has 0 saturated carbocycles. The molecule has 1 heterocycles. The number of hydrogen-bond donors (Lipinski definition) is 1. The van der Waals surface area contributed by atoms with E-state index in [1.165, 1.54) is 0 Å². The van der Waals surface area contributed by atoms with E-state index >= 15 is 0 Å². The van der Waals surface area contributed by atoms with Gasteiger partial charge in [0.15, 0.2) is 0 Å².